The molecule has 0 aliphatic carbocycles. The third-order valence-electron chi connectivity index (χ3n) is 9.08. The number of hydrogen-bond donors (Lipinski definition) is 2. The highest BCUT2D eigenvalue weighted by Gasteiger charge is 2.40. The van der Waals surface area contributed by atoms with E-state index in [-0.39, 0.29) is 52.6 Å². The number of fused-ring (bicyclic) bond motifs is 3. The van der Waals surface area contributed by atoms with Gasteiger partial charge in [-0.3, -0.25) is 0 Å². The van der Waals surface area contributed by atoms with Gasteiger partial charge in [-0.25, -0.2) is 8.78 Å². The first-order valence-electron chi connectivity index (χ1n) is 14.7. The van der Waals surface area contributed by atoms with Crippen LogP contribution >= 0.6 is 0 Å². The van der Waals surface area contributed by atoms with Crippen molar-refractivity contribution in [3.63, 3.8) is 0 Å². The van der Waals surface area contributed by atoms with E-state index in [0.29, 0.717) is 13.1 Å². The first kappa shape index (κ1) is 30.3. The molecule has 2 aromatic carbocycles. The Morgan fingerprint density at radius 2 is 1.86 bits per heavy atom. The molecule has 2 bridgehead atoms. The van der Waals surface area contributed by atoms with Crippen LogP contribution in [-0.2, 0) is 6.18 Å². The maximum Gasteiger partial charge on any atom is 0.417 e. The van der Waals surface area contributed by atoms with E-state index in [0.717, 1.165) is 57.8 Å². The van der Waals surface area contributed by atoms with E-state index >= 15 is 8.78 Å². The molecular weight excluding hydrogens is 581 g/mol. The lowest BCUT2D eigenvalue weighted by molar-refractivity contribution is -0.137. The molecule has 0 unspecified atom stereocenters. The largest absolute Gasteiger partial charge is 0.463 e. The smallest absolute Gasteiger partial charge is 0.417 e. The minimum absolute atomic E-state index is 0.00806. The lowest BCUT2D eigenvalue weighted by atomic mass is 9.83. The van der Waals surface area contributed by atoms with Gasteiger partial charge >= 0.3 is 12.2 Å². The molecule has 0 amide bonds. The number of anilines is 2. The fourth-order valence-corrected chi connectivity index (χ4v) is 7.19. The molecule has 6 rings (SSSR count). The summed E-state index contributed by atoms with van der Waals surface area (Å²) in [5.41, 5.74) is 0.635. The first-order valence-corrected chi connectivity index (χ1v) is 14.7. The third-order valence-corrected chi connectivity index (χ3v) is 9.08. The lowest BCUT2D eigenvalue weighted by Crippen LogP contribution is -2.51. The van der Waals surface area contributed by atoms with E-state index < -0.39 is 45.6 Å². The van der Waals surface area contributed by atoms with Crippen LogP contribution in [0.3, 0.4) is 0 Å². The summed E-state index contributed by atoms with van der Waals surface area (Å²) >= 11 is 0. The number of nitrogens with zero attached hydrogens (tertiary/aromatic N) is 5. The van der Waals surface area contributed by atoms with Crippen molar-refractivity contribution in [1.82, 2.24) is 20.2 Å². The highest BCUT2D eigenvalue weighted by atomic mass is 19.4. The summed E-state index contributed by atoms with van der Waals surface area (Å²) in [7, 11) is 2.02. The van der Waals surface area contributed by atoms with Crippen molar-refractivity contribution in [2.45, 2.75) is 57.8 Å². The molecule has 4 heterocycles. The Bertz CT molecular complexity index is 1660. The van der Waals surface area contributed by atoms with Gasteiger partial charge in [-0.15, -0.1) is 0 Å². The molecule has 13 heteroatoms. The summed E-state index contributed by atoms with van der Waals surface area (Å²) in [6.45, 7) is 6.23. The Hall–Kier alpha value is -3.76. The molecule has 3 N–H and O–H groups in total. The summed E-state index contributed by atoms with van der Waals surface area (Å²) in [4.78, 5) is 13.1. The highest BCUT2D eigenvalue weighted by molar-refractivity contribution is 5.95. The van der Waals surface area contributed by atoms with Crippen LogP contribution < -0.4 is 20.7 Å². The van der Waals surface area contributed by atoms with Crippen molar-refractivity contribution in [1.29, 1.82) is 5.26 Å². The number of nitrogen functional groups attached to an aromatic ring is 1. The summed E-state index contributed by atoms with van der Waals surface area (Å²) in [6.07, 6.45) is -1.27. The zero-order valence-electron chi connectivity index (χ0n) is 24.8. The average molecular weight is 616 g/mol. The number of aromatic nitrogens is 2. The van der Waals surface area contributed by atoms with Crippen LogP contribution in [0.15, 0.2) is 12.1 Å². The molecule has 3 saturated heterocycles. The predicted molar refractivity (Wildman–Crippen MR) is 156 cm³/mol. The molecule has 8 nitrogen and oxygen atoms in total. The molecule has 3 aliphatic heterocycles. The van der Waals surface area contributed by atoms with Crippen LogP contribution in [0.4, 0.5) is 33.5 Å². The zero-order valence-corrected chi connectivity index (χ0v) is 24.8. The molecule has 3 fully saturated rings. The maximum absolute atomic E-state index is 16.6. The number of rotatable bonds is 5. The molecule has 234 valence electrons. The minimum Gasteiger partial charge on any atom is -0.463 e. The number of alkyl halides is 3. The molecule has 0 radical (unpaired) electrons. The Balaban J connectivity index is 1.55. The quantitative estimate of drug-likeness (QED) is 0.290. The Morgan fingerprint density at radius 3 is 2.50 bits per heavy atom. The van der Waals surface area contributed by atoms with Gasteiger partial charge in [0.15, 0.2) is 5.82 Å². The molecule has 0 spiro atoms. The normalized spacial score (nSPS) is 24.1. The van der Waals surface area contributed by atoms with Gasteiger partial charge in [0.1, 0.15) is 23.2 Å². The van der Waals surface area contributed by atoms with Crippen molar-refractivity contribution in [2.75, 3.05) is 50.5 Å². The number of piperidine rings is 1. The summed E-state index contributed by atoms with van der Waals surface area (Å²) in [6, 6.07) is 3.74. The molecule has 3 aliphatic rings. The van der Waals surface area contributed by atoms with Gasteiger partial charge in [-0.2, -0.15) is 28.4 Å². The van der Waals surface area contributed by atoms with E-state index in [1.807, 2.05) is 11.9 Å². The van der Waals surface area contributed by atoms with E-state index in [1.54, 1.807) is 6.07 Å². The number of benzene rings is 2. The van der Waals surface area contributed by atoms with E-state index in [2.05, 4.69) is 27.1 Å². The van der Waals surface area contributed by atoms with Crippen molar-refractivity contribution >= 4 is 22.4 Å². The highest BCUT2D eigenvalue weighted by Crippen LogP contribution is 2.46. The molecule has 0 saturated carbocycles. The zero-order chi connectivity index (χ0) is 31.6. The van der Waals surface area contributed by atoms with Crippen molar-refractivity contribution in [3.05, 3.63) is 40.5 Å². The number of aryl methyl sites for hydroxylation is 1. The van der Waals surface area contributed by atoms with Crippen LogP contribution in [0, 0.1) is 35.3 Å². The topological polar surface area (TPSA) is 103 Å². The number of ether oxygens (including phenoxy) is 1. The monoisotopic (exact) mass is 615 g/mol. The van der Waals surface area contributed by atoms with Crippen LogP contribution in [0.5, 0.6) is 6.01 Å². The maximum atomic E-state index is 16.6. The predicted octanol–water partition coefficient (Wildman–Crippen LogP) is 5.41. The van der Waals surface area contributed by atoms with Crippen molar-refractivity contribution in [3.8, 4) is 23.2 Å². The SMILES string of the molecule is Cc1cc(N)c(C#N)c(-c2c(F)cc3c(N4C[C@H]5CC[C@@H](C4)N5)nc(OC[C@@]4(C)CCCN(C)C4)nc3c2F)c1C(F)(F)F. The van der Waals surface area contributed by atoms with Crippen molar-refractivity contribution in [2.24, 2.45) is 5.41 Å². The number of piperazine rings is 1. The fourth-order valence-electron chi connectivity index (χ4n) is 7.19. The van der Waals surface area contributed by atoms with Gasteiger partial charge in [0.25, 0.3) is 0 Å². The molecular formula is C31H34F5N7O. The van der Waals surface area contributed by atoms with Gasteiger partial charge in [0.05, 0.1) is 29.0 Å². The van der Waals surface area contributed by atoms with Gasteiger partial charge in [0.2, 0.25) is 0 Å². The summed E-state index contributed by atoms with van der Waals surface area (Å²) in [5, 5.41) is 13.3. The second-order valence-electron chi connectivity index (χ2n) is 12.8. The standard InChI is InChI=1S/C31H34F5N7O/c1-16-9-22(38)20(11-37)23(25(16)31(34,35)36)24-21(32)10-19-27(26(24)33)40-29(44-15-30(2)7-4-8-42(3)14-30)41-28(19)43-12-17-5-6-18(13-43)39-17/h9-10,17-18,39H,4-8,12-15,38H2,1-3H3/t17-,18+,30-/m0/s1. The molecule has 3 atom stereocenters. The van der Waals surface area contributed by atoms with Crippen LogP contribution in [0.1, 0.15) is 49.3 Å². The molecule has 1 aromatic heterocycles. The van der Waals surface area contributed by atoms with Gasteiger partial charge < -0.3 is 25.6 Å². The Labute approximate surface area is 252 Å². The van der Waals surface area contributed by atoms with E-state index in [4.69, 9.17) is 10.5 Å². The van der Waals surface area contributed by atoms with Crippen LogP contribution in [0.2, 0.25) is 0 Å². The number of halogens is 5. The van der Waals surface area contributed by atoms with Crippen LogP contribution in [0.25, 0.3) is 22.0 Å². The average Bonchev–Trinajstić information content (AvgIpc) is 3.28. The van der Waals surface area contributed by atoms with E-state index in [9.17, 15) is 18.4 Å². The number of nitrogens with one attached hydrogen (secondary N) is 1. The molecule has 44 heavy (non-hydrogen) atoms. The minimum atomic E-state index is -5.03. The summed E-state index contributed by atoms with van der Waals surface area (Å²) < 4.78 is 81.8. The van der Waals surface area contributed by atoms with Gasteiger partial charge in [-0.05, 0) is 63.9 Å². The van der Waals surface area contributed by atoms with Crippen LogP contribution in [-0.4, -0.2) is 66.8 Å². The number of nitriles is 1. The summed E-state index contributed by atoms with van der Waals surface area (Å²) in [5.74, 6) is -2.38. The Morgan fingerprint density at radius 1 is 1.16 bits per heavy atom. The van der Waals surface area contributed by atoms with Crippen molar-refractivity contribution < 1.29 is 26.7 Å². The molecule has 3 aromatic rings. The first-order chi connectivity index (χ1) is 20.8. The number of nitrogens with two attached hydrogens (primary N) is 1. The second-order valence-corrected chi connectivity index (χ2v) is 12.8. The number of likely N-dealkylation sites (tertiary alicyclic amines) is 1. The lowest BCUT2D eigenvalue weighted by Gasteiger charge is -2.38. The van der Waals surface area contributed by atoms with Gasteiger partial charge in [0, 0.05) is 48.1 Å². The fraction of sp³-hybridized carbons (Fsp3) is 0.516. The third kappa shape index (κ3) is 5.38. The van der Waals surface area contributed by atoms with E-state index in [1.165, 1.54) is 0 Å². The number of hydrogen-bond acceptors (Lipinski definition) is 8. The Kier molecular flexibility index (Phi) is 7.57. The second kappa shape index (κ2) is 11.0. The van der Waals surface area contributed by atoms with Gasteiger partial charge in [-0.1, -0.05) is 6.92 Å².